The number of sulfonamides is 1. The molecule has 1 aliphatic heterocycles. The fourth-order valence-electron chi connectivity index (χ4n) is 3.15. The first-order valence-corrected chi connectivity index (χ1v) is 10.7. The Kier molecular flexibility index (Phi) is 6.12. The minimum absolute atomic E-state index is 0.101. The monoisotopic (exact) mass is 479 g/mol. The van der Waals surface area contributed by atoms with Crippen LogP contribution in [0.4, 0.5) is 33.5 Å². The van der Waals surface area contributed by atoms with Crippen molar-refractivity contribution in [1.82, 2.24) is 9.97 Å². The smallest absolute Gasteiger partial charge is 0.355 e. The van der Waals surface area contributed by atoms with Gasteiger partial charge in [-0.1, -0.05) is 6.92 Å². The number of nitrogens with one attached hydrogen (secondary N) is 1. The normalized spacial score (nSPS) is 19.0. The van der Waals surface area contributed by atoms with E-state index >= 15 is 0 Å². The van der Waals surface area contributed by atoms with E-state index in [2.05, 4.69) is 15.3 Å². The topological polar surface area (TPSA) is 118 Å². The number of amides is 1. The highest BCUT2D eigenvalue weighted by molar-refractivity contribution is 7.89. The van der Waals surface area contributed by atoms with Gasteiger partial charge in [0.05, 0.1) is 11.1 Å². The van der Waals surface area contributed by atoms with Gasteiger partial charge in [-0.2, -0.15) is 13.2 Å². The third-order valence-corrected chi connectivity index (χ3v) is 5.76. The summed E-state index contributed by atoms with van der Waals surface area (Å²) in [6.45, 7) is 0.846. The lowest BCUT2D eigenvalue weighted by Crippen LogP contribution is -2.46. The second kappa shape index (κ2) is 8.24. The summed E-state index contributed by atoms with van der Waals surface area (Å²) in [7, 11) is -4.20. The zero-order valence-electron chi connectivity index (χ0n) is 16.5. The van der Waals surface area contributed by atoms with Crippen LogP contribution in [0, 0.1) is 5.92 Å². The number of rotatable bonds is 4. The van der Waals surface area contributed by atoms with Crippen molar-refractivity contribution in [2.24, 2.45) is 11.1 Å². The van der Waals surface area contributed by atoms with Crippen LogP contribution in [-0.4, -0.2) is 43.3 Å². The summed E-state index contributed by atoms with van der Waals surface area (Å²) in [5.74, 6) is -5.31. The van der Waals surface area contributed by atoms with Gasteiger partial charge in [-0.25, -0.2) is 32.3 Å². The van der Waals surface area contributed by atoms with Gasteiger partial charge in [0.1, 0.15) is 5.82 Å². The van der Waals surface area contributed by atoms with E-state index in [1.165, 1.54) is 17.9 Å². The summed E-state index contributed by atoms with van der Waals surface area (Å²) < 4.78 is 90.2. The average Bonchev–Trinajstić information content (AvgIpc) is 2.68. The van der Waals surface area contributed by atoms with Crippen molar-refractivity contribution < 1.29 is 35.2 Å². The molecule has 174 valence electrons. The highest BCUT2D eigenvalue weighted by atomic mass is 32.2. The van der Waals surface area contributed by atoms with Crippen molar-refractivity contribution in [3.05, 3.63) is 41.7 Å². The quantitative estimate of drug-likeness (QED) is 0.651. The molecular formula is C18H18F5N5O3S. The molecule has 2 aromatic heterocycles. The van der Waals surface area contributed by atoms with E-state index in [0.29, 0.717) is 12.3 Å². The Hall–Kier alpha value is -2.87. The second-order valence-electron chi connectivity index (χ2n) is 7.33. The Labute approximate surface area is 179 Å². The van der Waals surface area contributed by atoms with E-state index in [-0.39, 0.29) is 24.6 Å². The van der Waals surface area contributed by atoms with Crippen molar-refractivity contribution in [2.45, 2.75) is 30.5 Å². The predicted octanol–water partition coefficient (Wildman–Crippen LogP) is 2.88. The van der Waals surface area contributed by atoms with Crippen molar-refractivity contribution >= 4 is 27.4 Å². The molecule has 14 heteroatoms. The highest BCUT2D eigenvalue weighted by Gasteiger charge is 2.42. The van der Waals surface area contributed by atoms with Gasteiger partial charge >= 0.3 is 6.18 Å². The van der Waals surface area contributed by atoms with Gasteiger partial charge in [0, 0.05) is 49.6 Å². The molecule has 3 rings (SSSR count). The Bertz CT molecular complexity index is 1140. The number of nitrogens with zero attached hydrogens (tertiary/aromatic N) is 3. The van der Waals surface area contributed by atoms with Crippen molar-refractivity contribution in [1.29, 1.82) is 0 Å². The summed E-state index contributed by atoms with van der Waals surface area (Å²) in [4.78, 5) is 21.4. The maximum atomic E-state index is 13.8. The third-order valence-electron chi connectivity index (χ3n) is 4.95. The van der Waals surface area contributed by atoms with Gasteiger partial charge in [0.2, 0.25) is 0 Å². The van der Waals surface area contributed by atoms with Crippen LogP contribution in [0.15, 0.2) is 35.6 Å². The van der Waals surface area contributed by atoms with E-state index in [1.807, 2.05) is 0 Å². The second-order valence-corrected chi connectivity index (χ2v) is 8.84. The minimum atomic E-state index is -4.81. The molecule has 3 heterocycles. The van der Waals surface area contributed by atoms with Crippen LogP contribution < -0.4 is 15.4 Å². The molecule has 0 aromatic carbocycles. The number of pyridine rings is 2. The molecular weight excluding hydrogens is 461 g/mol. The number of piperidine rings is 1. The molecule has 0 unspecified atom stereocenters. The van der Waals surface area contributed by atoms with Crippen LogP contribution in [0.5, 0.6) is 0 Å². The fraction of sp³-hybridized carbons (Fsp3) is 0.389. The average molecular weight is 479 g/mol. The molecule has 8 nitrogen and oxygen atoms in total. The number of hydrogen-bond acceptors (Lipinski definition) is 6. The first-order chi connectivity index (χ1) is 14.7. The maximum absolute atomic E-state index is 13.8. The molecule has 1 aliphatic rings. The number of primary sulfonamides is 1. The highest BCUT2D eigenvalue weighted by Crippen LogP contribution is 2.37. The van der Waals surface area contributed by atoms with Crippen LogP contribution >= 0.6 is 0 Å². The summed E-state index contributed by atoms with van der Waals surface area (Å²) in [5.41, 5.74) is -1.82. The zero-order valence-corrected chi connectivity index (χ0v) is 17.3. The van der Waals surface area contributed by atoms with E-state index in [9.17, 15) is 35.2 Å². The number of aromatic nitrogens is 2. The van der Waals surface area contributed by atoms with Crippen LogP contribution in [0.3, 0.4) is 0 Å². The molecule has 0 spiro atoms. The molecule has 0 aliphatic carbocycles. The van der Waals surface area contributed by atoms with Gasteiger partial charge < -0.3 is 10.2 Å². The molecule has 0 bridgehead atoms. The molecule has 0 radical (unpaired) electrons. The Morgan fingerprint density at radius 2 is 1.97 bits per heavy atom. The van der Waals surface area contributed by atoms with E-state index in [1.54, 1.807) is 0 Å². The minimum Gasteiger partial charge on any atom is -0.355 e. The lowest BCUT2D eigenvalue weighted by Gasteiger charge is -2.38. The molecule has 0 saturated carbocycles. The summed E-state index contributed by atoms with van der Waals surface area (Å²) in [5, 5.41) is 6.70. The summed E-state index contributed by atoms with van der Waals surface area (Å²) in [6, 6.07) is 2.70. The third kappa shape index (κ3) is 5.12. The van der Waals surface area contributed by atoms with Crippen LogP contribution in [0.2, 0.25) is 0 Å². The van der Waals surface area contributed by atoms with Gasteiger partial charge in [-0.15, -0.1) is 0 Å². The van der Waals surface area contributed by atoms with Gasteiger partial charge in [0.15, 0.2) is 5.03 Å². The first-order valence-electron chi connectivity index (χ1n) is 9.19. The van der Waals surface area contributed by atoms with E-state index in [4.69, 9.17) is 5.14 Å². The van der Waals surface area contributed by atoms with Crippen molar-refractivity contribution in [3.8, 4) is 0 Å². The van der Waals surface area contributed by atoms with Crippen molar-refractivity contribution in [3.63, 3.8) is 0 Å². The summed E-state index contributed by atoms with van der Waals surface area (Å²) >= 11 is 0. The predicted molar refractivity (Wildman–Crippen MR) is 104 cm³/mol. The summed E-state index contributed by atoms with van der Waals surface area (Å²) in [6.07, 6.45) is -3.80. The molecule has 2 aromatic rings. The number of hydrogen-bond donors (Lipinski definition) is 2. The Morgan fingerprint density at radius 1 is 1.28 bits per heavy atom. The molecule has 1 saturated heterocycles. The Morgan fingerprint density at radius 3 is 2.56 bits per heavy atom. The fourth-order valence-corrected chi connectivity index (χ4v) is 3.65. The van der Waals surface area contributed by atoms with Crippen LogP contribution in [0.1, 0.15) is 29.3 Å². The maximum Gasteiger partial charge on any atom is 0.417 e. The lowest BCUT2D eigenvalue weighted by molar-refractivity contribution is -0.137. The number of carbonyl (C=O) groups excluding carboxylic acids is 1. The number of halogens is 5. The van der Waals surface area contributed by atoms with Gasteiger partial charge in [-0.3, -0.25) is 4.79 Å². The standard InChI is InChI=1S/C18H18F5N5O3S/c1-10-9-28(5-3-17(10,19)20)15-13(6-11(8-26-15)18(21,22)23)16(29)27-12-2-4-25-14(7-12)32(24,30)31/h2,4,6-8,10H,3,5,9H2,1H3,(H2,24,30,31)(H,25,27,29)/t10-/m1/s1. The van der Waals surface area contributed by atoms with Gasteiger partial charge in [-0.05, 0) is 12.1 Å². The number of anilines is 2. The van der Waals surface area contributed by atoms with E-state index in [0.717, 1.165) is 12.3 Å². The van der Waals surface area contributed by atoms with Crippen molar-refractivity contribution in [2.75, 3.05) is 23.3 Å². The zero-order chi connectivity index (χ0) is 23.9. The molecule has 1 amide bonds. The molecule has 1 fully saturated rings. The SMILES string of the molecule is C[C@@H]1CN(c2ncc(C(F)(F)F)cc2C(=O)Nc2ccnc(S(N)(=O)=O)c2)CCC1(F)F. The number of carbonyl (C=O) groups is 1. The first kappa shape index (κ1) is 23.8. The number of nitrogens with two attached hydrogens (primary N) is 1. The molecule has 3 N–H and O–H groups in total. The van der Waals surface area contributed by atoms with Crippen LogP contribution in [0.25, 0.3) is 0 Å². The molecule has 32 heavy (non-hydrogen) atoms. The molecule has 1 atom stereocenters. The van der Waals surface area contributed by atoms with E-state index < -0.39 is 56.5 Å². The number of alkyl halides is 5. The lowest BCUT2D eigenvalue weighted by atomic mass is 9.95. The Balaban J connectivity index is 1.99. The van der Waals surface area contributed by atoms with Gasteiger partial charge in [0.25, 0.3) is 21.9 Å². The van der Waals surface area contributed by atoms with Crippen LogP contribution in [-0.2, 0) is 16.2 Å². The largest absolute Gasteiger partial charge is 0.417 e.